The minimum atomic E-state index is 0.427. The highest BCUT2D eigenvalue weighted by molar-refractivity contribution is 5.85. The van der Waals surface area contributed by atoms with Crippen LogP contribution in [0, 0.1) is 0 Å². The fraction of sp³-hybridized carbons (Fsp3) is 0.0667. The van der Waals surface area contributed by atoms with Crippen molar-refractivity contribution >= 4 is 22.4 Å². The van der Waals surface area contributed by atoms with Crippen LogP contribution in [-0.2, 0) is 6.54 Å². The number of nitrogens with one attached hydrogen (secondary N) is 1. The van der Waals surface area contributed by atoms with Crippen molar-refractivity contribution < 1.29 is 0 Å². The van der Waals surface area contributed by atoms with Crippen LogP contribution in [0.1, 0.15) is 5.56 Å². The van der Waals surface area contributed by atoms with Crippen LogP contribution >= 0.6 is 0 Å². The highest BCUT2D eigenvalue weighted by atomic mass is 15.2. The van der Waals surface area contributed by atoms with Crippen LogP contribution in [0.5, 0.6) is 0 Å². The molecule has 4 nitrogen and oxygen atoms in total. The summed E-state index contributed by atoms with van der Waals surface area (Å²) in [5.74, 6) is 1.15. The summed E-state index contributed by atoms with van der Waals surface area (Å²) >= 11 is 0. The standard InChI is InChI=1S/C15H14N4/c16-14-8-9-15(19-18-14)17-10-12-6-3-5-11-4-1-2-7-13(11)12/h1-9H,10H2,(H2,16,18)(H,17,19). The van der Waals surface area contributed by atoms with Gasteiger partial charge in [-0.15, -0.1) is 10.2 Å². The van der Waals surface area contributed by atoms with Crippen LogP contribution in [0.15, 0.2) is 54.6 Å². The number of nitrogens with two attached hydrogens (primary N) is 1. The molecule has 2 aromatic carbocycles. The summed E-state index contributed by atoms with van der Waals surface area (Å²) in [4.78, 5) is 0. The van der Waals surface area contributed by atoms with Gasteiger partial charge in [0.25, 0.3) is 0 Å². The first-order valence-electron chi connectivity index (χ1n) is 6.13. The molecule has 0 spiro atoms. The Morgan fingerprint density at radius 3 is 2.58 bits per heavy atom. The predicted molar refractivity (Wildman–Crippen MR) is 77.7 cm³/mol. The normalized spacial score (nSPS) is 10.5. The van der Waals surface area contributed by atoms with E-state index in [1.165, 1.54) is 16.3 Å². The zero-order valence-electron chi connectivity index (χ0n) is 10.4. The second kappa shape index (κ2) is 4.94. The van der Waals surface area contributed by atoms with Crippen LogP contribution in [0.4, 0.5) is 11.6 Å². The van der Waals surface area contributed by atoms with E-state index in [-0.39, 0.29) is 0 Å². The number of benzene rings is 2. The molecular weight excluding hydrogens is 236 g/mol. The SMILES string of the molecule is Nc1ccc(NCc2cccc3ccccc23)nn1. The minimum Gasteiger partial charge on any atom is -0.382 e. The van der Waals surface area contributed by atoms with Gasteiger partial charge in [0.15, 0.2) is 0 Å². The fourth-order valence-electron chi connectivity index (χ4n) is 2.07. The number of anilines is 2. The van der Waals surface area contributed by atoms with Gasteiger partial charge in [-0.1, -0.05) is 42.5 Å². The van der Waals surface area contributed by atoms with Gasteiger partial charge in [0.2, 0.25) is 0 Å². The van der Waals surface area contributed by atoms with Crippen LogP contribution in [0.25, 0.3) is 10.8 Å². The molecule has 3 aromatic rings. The monoisotopic (exact) mass is 250 g/mol. The molecule has 19 heavy (non-hydrogen) atoms. The molecule has 0 unspecified atom stereocenters. The second-order valence-electron chi connectivity index (χ2n) is 4.34. The highest BCUT2D eigenvalue weighted by Gasteiger charge is 2.01. The van der Waals surface area contributed by atoms with Gasteiger partial charge in [0.1, 0.15) is 11.6 Å². The number of fused-ring (bicyclic) bond motifs is 1. The molecule has 0 fully saturated rings. The maximum absolute atomic E-state index is 5.51. The van der Waals surface area contributed by atoms with Gasteiger partial charge in [0, 0.05) is 6.54 Å². The third kappa shape index (κ3) is 2.47. The van der Waals surface area contributed by atoms with Crippen LogP contribution in [-0.4, -0.2) is 10.2 Å². The zero-order chi connectivity index (χ0) is 13.1. The van der Waals surface area contributed by atoms with E-state index in [9.17, 15) is 0 Å². The first-order valence-corrected chi connectivity index (χ1v) is 6.13. The smallest absolute Gasteiger partial charge is 0.149 e. The molecule has 1 aromatic heterocycles. The summed E-state index contributed by atoms with van der Waals surface area (Å²) in [5, 5.41) is 13.5. The number of hydrogen-bond acceptors (Lipinski definition) is 4. The van der Waals surface area contributed by atoms with Crippen molar-refractivity contribution in [3.63, 3.8) is 0 Å². The van der Waals surface area contributed by atoms with Crippen molar-refractivity contribution in [3.8, 4) is 0 Å². The molecule has 3 N–H and O–H groups in total. The van der Waals surface area contributed by atoms with E-state index in [0.29, 0.717) is 12.4 Å². The minimum absolute atomic E-state index is 0.427. The van der Waals surface area contributed by atoms with Crippen molar-refractivity contribution in [3.05, 3.63) is 60.2 Å². The number of hydrogen-bond donors (Lipinski definition) is 2. The van der Waals surface area contributed by atoms with Gasteiger partial charge in [-0.2, -0.15) is 0 Å². The van der Waals surface area contributed by atoms with E-state index in [1.807, 2.05) is 12.1 Å². The van der Waals surface area contributed by atoms with Crippen molar-refractivity contribution in [2.75, 3.05) is 11.1 Å². The van der Waals surface area contributed by atoms with Gasteiger partial charge in [-0.25, -0.2) is 0 Å². The Labute approximate surface area is 111 Å². The molecule has 0 radical (unpaired) electrons. The lowest BCUT2D eigenvalue weighted by Gasteiger charge is -2.08. The number of nitrogens with zero attached hydrogens (tertiary/aromatic N) is 2. The Bertz CT molecular complexity index is 687. The van der Waals surface area contributed by atoms with Crippen LogP contribution in [0.2, 0.25) is 0 Å². The Kier molecular flexibility index (Phi) is 2.98. The lowest BCUT2D eigenvalue weighted by molar-refractivity contribution is 1.01. The maximum Gasteiger partial charge on any atom is 0.149 e. The number of nitrogen functional groups attached to an aromatic ring is 1. The topological polar surface area (TPSA) is 63.8 Å². The van der Waals surface area contributed by atoms with Gasteiger partial charge in [-0.3, -0.25) is 0 Å². The second-order valence-corrected chi connectivity index (χ2v) is 4.34. The van der Waals surface area contributed by atoms with Crippen LogP contribution < -0.4 is 11.1 Å². The first kappa shape index (κ1) is 11.5. The lowest BCUT2D eigenvalue weighted by Crippen LogP contribution is -2.03. The molecule has 0 amide bonds. The molecule has 0 saturated carbocycles. The Balaban J connectivity index is 1.84. The van der Waals surface area contributed by atoms with E-state index < -0.39 is 0 Å². The Hall–Kier alpha value is -2.62. The first-order chi connectivity index (χ1) is 9.33. The molecule has 0 aliphatic heterocycles. The maximum atomic E-state index is 5.51. The Morgan fingerprint density at radius 1 is 0.895 bits per heavy atom. The highest BCUT2D eigenvalue weighted by Crippen LogP contribution is 2.19. The average Bonchev–Trinajstić information content (AvgIpc) is 2.47. The van der Waals surface area contributed by atoms with Crippen molar-refractivity contribution in [1.82, 2.24) is 10.2 Å². The van der Waals surface area contributed by atoms with E-state index in [1.54, 1.807) is 6.07 Å². The summed E-state index contributed by atoms with van der Waals surface area (Å²) in [6.07, 6.45) is 0. The van der Waals surface area contributed by atoms with Crippen LogP contribution in [0.3, 0.4) is 0 Å². The summed E-state index contributed by atoms with van der Waals surface area (Å²) in [6.45, 7) is 0.708. The molecule has 4 heteroatoms. The zero-order valence-corrected chi connectivity index (χ0v) is 10.4. The molecular formula is C15H14N4. The molecule has 0 saturated heterocycles. The van der Waals surface area contributed by atoms with Gasteiger partial charge < -0.3 is 11.1 Å². The Morgan fingerprint density at radius 2 is 1.74 bits per heavy atom. The molecule has 0 aliphatic rings. The summed E-state index contributed by atoms with van der Waals surface area (Å²) in [5.41, 5.74) is 6.74. The largest absolute Gasteiger partial charge is 0.382 e. The van der Waals surface area contributed by atoms with E-state index in [2.05, 4.69) is 51.9 Å². The molecule has 0 bridgehead atoms. The van der Waals surface area contributed by atoms with Gasteiger partial charge >= 0.3 is 0 Å². The molecule has 0 atom stereocenters. The molecule has 1 heterocycles. The fourth-order valence-corrected chi connectivity index (χ4v) is 2.07. The third-order valence-corrected chi connectivity index (χ3v) is 3.03. The van der Waals surface area contributed by atoms with Gasteiger partial charge in [0.05, 0.1) is 0 Å². The van der Waals surface area contributed by atoms with E-state index >= 15 is 0 Å². The molecule has 94 valence electrons. The van der Waals surface area contributed by atoms with E-state index in [0.717, 1.165) is 5.82 Å². The number of aromatic nitrogens is 2. The quantitative estimate of drug-likeness (QED) is 0.750. The van der Waals surface area contributed by atoms with Crippen molar-refractivity contribution in [1.29, 1.82) is 0 Å². The van der Waals surface area contributed by atoms with E-state index in [4.69, 9.17) is 5.73 Å². The third-order valence-electron chi connectivity index (χ3n) is 3.03. The van der Waals surface area contributed by atoms with Crippen molar-refractivity contribution in [2.45, 2.75) is 6.54 Å². The number of rotatable bonds is 3. The van der Waals surface area contributed by atoms with Gasteiger partial charge in [-0.05, 0) is 28.5 Å². The predicted octanol–water partition coefficient (Wildman–Crippen LogP) is 2.82. The van der Waals surface area contributed by atoms with Crippen molar-refractivity contribution in [2.24, 2.45) is 0 Å². The summed E-state index contributed by atoms with van der Waals surface area (Å²) in [6, 6.07) is 18.2. The average molecular weight is 250 g/mol. The lowest BCUT2D eigenvalue weighted by atomic mass is 10.0. The summed E-state index contributed by atoms with van der Waals surface area (Å²) < 4.78 is 0. The molecule has 0 aliphatic carbocycles. The molecule has 3 rings (SSSR count). The summed E-state index contributed by atoms with van der Waals surface area (Å²) in [7, 11) is 0.